The van der Waals surface area contributed by atoms with E-state index in [0.717, 1.165) is 70.5 Å². The second kappa shape index (κ2) is 33.6. The van der Waals surface area contributed by atoms with Gasteiger partial charge in [-0.15, -0.1) is 12.4 Å². The highest BCUT2D eigenvalue weighted by Gasteiger charge is 2.29. The number of aliphatic carboxylic acids is 2. The minimum Gasteiger partial charge on any atom is -0.489 e. The van der Waals surface area contributed by atoms with Gasteiger partial charge >= 0.3 is 17.9 Å². The number of nitrogens with one attached hydrogen (secondary N) is 1. The smallest absolute Gasteiger partial charge is 0.343 e. The van der Waals surface area contributed by atoms with Crippen LogP contribution >= 0.6 is 35.6 Å². The van der Waals surface area contributed by atoms with Crippen molar-refractivity contribution in [1.82, 2.24) is 24.4 Å². The van der Waals surface area contributed by atoms with E-state index >= 15 is 0 Å². The SMILES string of the molecule is CC(C)Oc1ccc(C(=O)Oc2c(F)c(F)c(F)c(F)c2F)cc1Cl.CCn1cc(-c2ccc(C[C@@H](CCC(=O)O)NC(=O)c3ccc(OC(C)C)c(Cl)c3)cc2)nc1C(C)C.CCn1cc(-c2ccc(C[C@H](N)CCC(=O)O)cc2)nc1C(C)C.Cl. The zero-order valence-electron chi connectivity index (χ0n) is 50.0. The van der Waals surface area contributed by atoms with Crippen molar-refractivity contribution in [3.05, 3.63) is 170 Å². The molecule has 0 fully saturated rings. The van der Waals surface area contributed by atoms with E-state index in [9.17, 15) is 46.2 Å². The quantitative estimate of drug-likeness (QED) is 0.0146. The first-order valence-corrected chi connectivity index (χ1v) is 28.8. The molecule has 0 aliphatic heterocycles. The number of ether oxygens (including phenoxy) is 3. The molecular formula is C64H74Cl3F5N6O9. The standard InChI is InChI=1S/C29H36ClN3O4.C19H27N3O2.C16H10ClF5O3.ClH/c1-6-33-17-25(32-28(33)18(2)3)21-9-7-20(8-10-21)15-23(12-14-27(34)35)31-29(36)22-11-13-26(24(30)16-22)37-19(4)5;1-4-22-12-17(21-19(22)13(2)3)15-7-5-14(6-8-15)11-16(20)9-10-18(23)24;1-6(2)24-9-4-3-7(5-8(9)17)16(23)25-15-13(21)11(19)10(18)12(20)14(15)22;/h7-11,13,16-19,23H,6,12,14-15H2,1-5H3,(H,31,36)(H,34,35);5-8,12-13,16H,4,9-11,20H2,1-3H3,(H,23,24);3-6H,1-2H3;1H/t23-;16-;;/m11../s1. The molecule has 5 aromatic carbocycles. The third-order valence-corrected chi connectivity index (χ3v) is 13.6. The topological polar surface area (TPSA) is 210 Å². The Balaban J connectivity index is 0.000000287. The lowest BCUT2D eigenvalue weighted by Crippen LogP contribution is -2.37. The normalized spacial score (nSPS) is 11.7. The Bertz CT molecular complexity index is 3420. The van der Waals surface area contributed by atoms with Crippen molar-refractivity contribution in [3.63, 3.8) is 0 Å². The summed E-state index contributed by atoms with van der Waals surface area (Å²) in [4.78, 5) is 56.3. The Hall–Kier alpha value is -7.52. The van der Waals surface area contributed by atoms with Crippen LogP contribution in [-0.4, -0.2) is 77.4 Å². The van der Waals surface area contributed by atoms with E-state index in [1.807, 2.05) is 38.1 Å². The summed E-state index contributed by atoms with van der Waals surface area (Å²) in [5, 5.41) is 21.3. The molecule has 7 rings (SSSR count). The highest BCUT2D eigenvalue weighted by molar-refractivity contribution is 6.32. The van der Waals surface area contributed by atoms with Crippen LogP contribution < -0.4 is 25.3 Å². The maximum Gasteiger partial charge on any atom is 0.343 e. The van der Waals surface area contributed by atoms with Crippen LogP contribution in [0.25, 0.3) is 22.5 Å². The Morgan fingerprint density at radius 2 is 0.989 bits per heavy atom. The molecule has 5 N–H and O–H groups in total. The number of benzene rings is 5. The fourth-order valence-corrected chi connectivity index (χ4v) is 9.22. The van der Waals surface area contributed by atoms with Gasteiger partial charge in [0.25, 0.3) is 5.91 Å². The Kier molecular flexibility index (Phi) is 27.8. The molecule has 2 atom stereocenters. The van der Waals surface area contributed by atoms with E-state index in [2.05, 4.69) is 97.4 Å². The van der Waals surface area contributed by atoms with Crippen LogP contribution in [0, 0.1) is 29.1 Å². The highest BCUT2D eigenvalue weighted by atomic mass is 35.5. The van der Waals surface area contributed by atoms with Gasteiger partial charge in [-0.25, -0.2) is 27.9 Å². The molecule has 23 heteroatoms. The molecule has 0 radical (unpaired) electrons. The van der Waals surface area contributed by atoms with E-state index in [1.54, 1.807) is 32.0 Å². The molecule has 0 saturated carbocycles. The summed E-state index contributed by atoms with van der Waals surface area (Å²) < 4.78 is 85.9. The summed E-state index contributed by atoms with van der Waals surface area (Å²) in [5.74, 6) is -12.7. The molecule has 2 aromatic heterocycles. The average molecular weight is 1270 g/mol. The van der Waals surface area contributed by atoms with Gasteiger partial charge in [0.15, 0.2) is 0 Å². The van der Waals surface area contributed by atoms with Gasteiger partial charge in [-0.05, 0) is 115 Å². The van der Waals surface area contributed by atoms with E-state index in [0.29, 0.717) is 53.9 Å². The third kappa shape index (κ3) is 20.8. The van der Waals surface area contributed by atoms with Crippen LogP contribution in [0.2, 0.25) is 10.0 Å². The fraction of sp³-hybridized carbons (Fsp3) is 0.375. The number of nitrogens with zero attached hydrogens (tertiary/aromatic N) is 4. The van der Waals surface area contributed by atoms with Gasteiger partial charge in [-0.1, -0.05) is 99.4 Å². The molecule has 0 aliphatic carbocycles. The number of carboxylic acid groups (broad SMARTS) is 2. The average Bonchev–Trinajstić information content (AvgIpc) is 2.22. The van der Waals surface area contributed by atoms with Gasteiger partial charge in [0.2, 0.25) is 34.8 Å². The number of halogens is 8. The number of esters is 1. The number of rotatable bonds is 24. The number of hydrogen-bond acceptors (Lipinski definition) is 10. The van der Waals surface area contributed by atoms with Crippen molar-refractivity contribution in [2.75, 3.05) is 0 Å². The number of aromatic nitrogens is 4. The highest BCUT2D eigenvalue weighted by Crippen LogP contribution is 2.33. The van der Waals surface area contributed by atoms with Crippen molar-refractivity contribution in [3.8, 4) is 39.8 Å². The van der Waals surface area contributed by atoms with Gasteiger partial charge in [-0.3, -0.25) is 14.4 Å². The van der Waals surface area contributed by atoms with Crippen molar-refractivity contribution in [1.29, 1.82) is 0 Å². The molecule has 15 nitrogen and oxygen atoms in total. The number of hydrogen-bond donors (Lipinski definition) is 4. The van der Waals surface area contributed by atoms with Crippen molar-refractivity contribution in [2.45, 2.75) is 157 Å². The largest absolute Gasteiger partial charge is 0.489 e. The Morgan fingerprint density at radius 3 is 1.38 bits per heavy atom. The number of amides is 1. The summed E-state index contributed by atoms with van der Waals surface area (Å²) in [6.07, 6.45) is 6.00. The van der Waals surface area contributed by atoms with Gasteiger partial charge in [-0.2, -0.15) is 8.78 Å². The van der Waals surface area contributed by atoms with Crippen LogP contribution in [0.1, 0.15) is 150 Å². The first-order chi connectivity index (χ1) is 40.6. The summed E-state index contributed by atoms with van der Waals surface area (Å²) in [7, 11) is 0. The zero-order chi connectivity index (χ0) is 63.7. The molecule has 0 unspecified atom stereocenters. The number of carbonyl (C=O) groups excluding carboxylic acids is 2. The number of nitrogens with two attached hydrogens (primary N) is 1. The monoisotopic (exact) mass is 1270 g/mol. The summed E-state index contributed by atoms with van der Waals surface area (Å²) in [6, 6.07) is 24.2. The molecule has 0 spiro atoms. The molecule has 1 amide bonds. The fourth-order valence-electron chi connectivity index (χ4n) is 8.77. The van der Waals surface area contributed by atoms with E-state index < -0.39 is 52.7 Å². The lowest BCUT2D eigenvalue weighted by molar-refractivity contribution is -0.138. The lowest BCUT2D eigenvalue weighted by Gasteiger charge is -2.19. The summed E-state index contributed by atoms with van der Waals surface area (Å²) in [5.41, 5.74) is 12.3. The van der Waals surface area contributed by atoms with Crippen LogP contribution in [0.15, 0.2) is 97.3 Å². The molecule has 0 bridgehead atoms. The van der Waals surface area contributed by atoms with Crippen LogP contribution in [0.4, 0.5) is 22.0 Å². The molecular weight excluding hydrogens is 1200 g/mol. The Morgan fingerprint density at radius 1 is 0.586 bits per heavy atom. The number of aryl methyl sites for hydroxylation is 2. The minimum absolute atomic E-state index is 0. The minimum atomic E-state index is -2.35. The maximum atomic E-state index is 13.5. The predicted octanol–water partition coefficient (Wildman–Crippen LogP) is 15.2. The second-order valence-electron chi connectivity index (χ2n) is 21.4. The maximum absolute atomic E-state index is 13.5. The first kappa shape index (κ1) is 72.0. The molecule has 470 valence electrons. The van der Waals surface area contributed by atoms with Gasteiger partial charge < -0.3 is 44.6 Å². The van der Waals surface area contributed by atoms with Crippen molar-refractivity contribution < 1.29 is 65.6 Å². The Labute approximate surface area is 519 Å². The van der Waals surface area contributed by atoms with Crippen molar-refractivity contribution >= 4 is 59.4 Å². The lowest BCUT2D eigenvalue weighted by atomic mass is 9.99. The second-order valence-corrected chi connectivity index (χ2v) is 22.2. The molecule has 7 aromatic rings. The van der Waals surface area contributed by atoms with Crippen LogP contribution in [0.3, 0.4) is 0 Å². The van der Waals surface area contributed by atoms with Gasteiger partial charge in [0, 0.05) is 78.9 Å². The van der Waals surface area contributed by atoms with Crippen LogP contribution in [-0.2, 0) is 35.5 Å². The zero-order valence-corrected chi connectivity index (χ0v) is 52.4. The first-order valence-electron chi connectivity index (χ1n) is 28.1. The molecule has 87 heavy (non-hydrogen) atoms. The molecule has 0 aliphatic rings. The molecule has 2 heterocycles. The molecule has 0 saturated heterocycles. The van der Waals surface area contributed by atoms with Crippen LogP contribution in [0.5, 0.6) is 17.2 Å². The van der Waals surface area contributed by atoms with E-state index in [-0.39, 0.29) is 71.8 Å². The third-order valence-electron chi connectivity index (χ3n) is 13.0. The van der Waals surface area contributed by atoms with Crippen molar-refractivity contribution in [2.24, 2.45) is 5.73 Å². The summed E-state index contributed by atoms with van der Waals surface area (Å²) in [6.45, 7) is 21.9. The number of imidazole rings is 2. The number of carboxylic acids is 2. The van der Waals surface area contributed by atoms with Gasteiger partial charge in [0.1, 0.15) is 23.1 Å². The van der Waals surface area contributed by atoms with E-state index in [1.165, 1.54) is 6.07 Å². The van der Waals surface area contributed by atoms with Gasteiger partial charge in [0.05, 0.1) is 39.2 Å². The van der Waals surface area contributed by atoms with E-state index in [4.69, 9.17) is 53.5 Å². The predicted molar refractivity (Wildman–Crippen MR) is 328 cm³/mol. The summed E-state index contributed by atoms with van der Waals surface area (Å²) >= 11 is 12.2. The number of carbonyl (C=O) groups is 4.